The van der Waals surface area contributed by atoms with Gasteiger partial charge in [0.25, 0.3) is 5.91 Å². The van der Waals surface area contributed by atoms with Gasteiger partial charge in [0, 0.05) is 29.6 Å². The van der Waals surface area contributed by atoms with E-state index in [1.165, 1.54) is 47.0 Å². The van der Waals surface area contributed by atoms with Crippen LogP contribution in [-0.2, 0) is 27.7 Å². The molecule has 9 nitrogen and oxygen atoms in total. The van der Waals surface area contributed by atoms with Gasteiger partial charge in [0.05, 0.1) is 24.1 Å². The minimum Gasteiger partial charge on any atom is -0.453 e. The Hall–Kier alpha value is -2.94. The lowest BCUT2D eigenvalue weighted by Gasteiger charge is -2.32. The second-order valence-corrected chi connectivity index (χ2v) is 11.4. The number of ether oxygens (including phenoxy) is 1. The number of hydrogen-bond acceptors (Lipinski definition) is 7. The Labute approximate surface area is 203 Å². The Morgan fingerprint density at radius 1 is 1.21 bits per heavy atom. The van der Waals surface area contributed by atoms with Crippen LogP contribution in [0, 0.1) is 11.3 Å². The SMILES string of the molecule is COC(=O)N1CCc2c(sc(NC(=O)c3ccc(S(=O)(=O)N4CCCCC4C)cc3)c2C#N)C1. The van der Waals surface area contributed by atoms with Crippen molar-refractivity contribution in [3.05, 3.63) is 45.8 Å². The Balaban J connectivity index is 1.51. The van der Waals surface area contributed by atoms with E-state index in [-0.39, 0.29) is 16.5 Å². The summed E-state index contributed by atoms with van der Waals surface area (Å²) in [5, 5.41) is 12.9. The number of nitrogens with one attached hydrogen (secondary N) is 1. The number of hydrogen-bond donors (Lipinski definition) is 1. The van der Waals surface area contributed by atoms with Crippen LogP contribution in [0.3, 0.4) is 0 Å². The molecule has 11 heteroatoms. The molecule has 1 aromatic carbocycles. The van der Waals surface area contributed by atoms with Gasteiger partial charge in [0.1, 0.15) is 11.1 Å². The summed E-state index contributed by atoms with van der Waals surface area (Å²) in [5.41, 5.74) is 1.52. The average Bonchev–Trinajstić information content (AvgIpc) is 3.19. The van der Waals surface area contributed by atoms with Gasteiger partial charge in [-0.05, 0) is 56.0 Å². The van der Waals surface area contributed by atoms with Crippen molar-refractivity contribution in [1.82, 2.24) is 9.21 Å². The van der Waals surface area contributed by atoms with Gasteiger partial charge >= 0.3 is 6.09 Å². The van der Waals surface area contributed by atoms with E-state index in [9.17, 15) is 23.3 Å². The number of piperidine rings is 1. The van der Waals surface area contributed by atoms with Crippen LogP contribution in [0.15, 0.2) is 29.2 Å². The van der Waals surface area contributed by atoms with Crippen LogP contribution < -0.4 is 5.32 Å². The Morgan fingerprint density at radius 2 is 1.94 bits per heavy atom. The van der Waals surface area contributed by atoms with Crippen molar-refractivity contribution in [3.8, 4) is 6.07 Å². The van der Waals surface area contributed by atoms with Gasteiger partial charge in [-0.3, -0.25) is 4.79 Å². The van der Waals surface area contributed by atoms with Crippen molar-refractivity contribution in [1.29, 1.82) is 5.26 Å². The van der Waals surface area contributed by atoms with Crippen LogP contribution in [-0.4, -0.2) is 55.9 Å². The van der Waals surface area contributed by atoms with E-state index < -0.39 is 22.0 Å². The first kappa shape index (κ1) is 24.2. The lowest BCUT2D eigenvalue weighted by molar-refractivity contribution is 0.102. The number of methoxy groups -OCH3 is 1. The number of anilines is 1. The molecule has 1 saturated heterocycles. The second kappa shape index (κ2) is 9.74. The minimum atomic E-state index is -3.62. The standard InChI is InChI=1S/C23H26N4O5S2/c1-15-5-3-4-11-27(15)34(30,31)17-8-6-16(7-9-17)21(28)25-22-19(13-24)18-10-12-26(23(29)32-2)14-20(18)33-22/h6-9,15H,3-5,10-12,14H2,1-2H3,(H,25,28). The zero-order valence-electron chi connectivity index (χ0n) is 19.0. The number of nitriles is 1. The molecule has 1 atom stereocenters. The molecule has 0 saturated carbocycles. The summed E-state index contributed by atoms with van der Waals surface area (Å²) < 4.78 is 32.3. The molecule has 1 N–H and O–H groups in total. The highest BCUT2D eigenvalue weighted by atomic mass is 32.2. The molecule has 0 aliphatic carbocycles. The monoisotopic (exact) mass is 502 g/mol. The van der Waals surface area contributed by atoms with Crippen molar-refractivity contribution in [2.75, 3.05) is 25.5 Å². The van der Waals surface area contributed by atoms with E-state index in [2.05, 4.69) is 11.4 Å². The van der Waals surface area contributed by atoms with Gasteiger partial charge < -0.3 is 15.0 Å². The summed E-state index contributed by atoms with van der Waals surface area (Å²) >= 11 is 1.26. The van der Waals surface area contributed by atoms with Crippen molar-refractivity contribution in [2.45, 2.75) is 50.1 Å². The molecule has 180 valence electrons. The fraction of sp³-hybridized carbons (Fsp3) is 0.435. The van der Waals surface area contributed by atoms with Crippen LogP contribution in [0.4, 0.5) is 9.80 Å². The maximum absolute atomic E-state index is 13.0. The van der Waals surface area contributed by atoms with Crippen molar-refractivity contribution < 1.29 is 22.7 Å². The van der Waals surface area contributed by atoms with Gasteiger partial charge in [-0.1, -0.05) is 6.42 Å². The van der Waals surface area contributed by atoms with E-state index in [1.54, 1.807) is 4.90 Å². The topological polar surface area (TPSA) is 120 Å². The molecular weight excluding hydrogens is 476 g/mol. The van der Waals surface area contributed by atoms with Crippen molar-refractivity contribution in [3.63, 3.8) is 0 Å². The molecule has 2 aliphatic rings. The summed E-state index contributed by atoms with van der Waals surface area (Å²) in [6, 6.07) is 7.98. The van der Waals surface area contributed by atoms with Crippen molar-refractivity contribution in [2.24, 2.45) is 0 Å². The highest BCUT2D eigenvalue weighted by Crippen LogP contribution is 2.37. The fourth-order valence-electron chi connectivity index (χ4n) is 4.41. The molecule has 0 spiro atoms. The van der Waals surface area contributed by atoms with Gasteiger partial charge in [-0.2, -0.15) is 9.57 Å². The maximum Gasteiger partial charge on any atom is 0.409 e. The fourth-order valence-corrected chi connectivity index (χ4v) is 7.32. The number of sulfonamides is 1. The Kier molecular flexibility index (Phi) is 6.93. The molecule has 0 radical (unpaired) electrons. The van der Waals surface area contributed by atoms with E-state index in [0.717, 1.165) is 29.7 Å². The van der Waals surface area contributed by atoms with E-state index >= 15 is 0 Å². The molecule has 0 bridgehead atoms. The molecule has 2 aliphatic heterocycles. The van der Waals surface area contributed by atoms with Gasteiger partial charge in [-0.15, -0.1) is 11.3 Å². The molecule has 1 unspecified atom stereocenters. The first-order valence-corrected chi connectivity index (χ1v) is 13.3. The quantitative estimate of drug-likeness (QED) is 0.683. The third-order valence-corrected chi connectivity index (χ3v) is 9.45. The average molecular weight is 503 g/mol. The lowest BCUT2D eigenvalue weighted by atomic mass is 10.0. The molecule has 2 aromatic rings. The van der Waals surface area contributed by atoms with Crippen molar-refractivity contribution >= 4 is 38.4 Å². The summed E-state index contributed by atoms with van der Waals surface area (Å²) in [6.45, 7) is 3.16. The van der Waals surface area contributed by atoms with Crippen LogP contribution in [0.2, 0.25) is 0 Å². The summed E-state index contributed by atoms with van der Waals surface area (Å²) in [7, 11) is -2.30. The predicted octanol–water partition coefficient (Wildman–Crippen LogP) is 3.56. The highest BCUT2D eigenvalue weighted by molar-refractivity contribution is 7.89. The van der Waals surface area contributed by atoms with E-state index in [0.29, 0.717) is 36.6 Å². The van der Waals surface area contributed by atoms with Crippen LogP contribution in [0.1, 0.15) is 52.5 Å². The van der Waals surface area contributed by atoms with Crippen LogP contribution >= 0.6 is 11.3 Å². The van der Waals surface area contributed by atoms with Gasteiger partial charge in [0.2, 0.25) is 10.0 Å². The second-order valence-electron chi connectivity index (χ2n) is 8.40. The summed E-state index contributed by atoms with van der Waals surface area (Å²) in [4.78, 5) is 27.3. The molecule has 2 amide bonds. The van der Waals surface area contributed by atoms with Crippen LogP contribution in [0.5, 0.6) is 0 Å². The van der Waals surface area contributed by atoms with E-state index in [1.807, 2.05) is 6.92 Å². The predicted molar refractivity (Wildman–Crippen MR) is 127 cm³/mol. The number of carbonyl (C=O) groups is 2. The van der Waals surface area contributed by atoms with Gasteiger partial charge in [-0.25, -0.2) is 13.2 Å². The molecule has 4 rings (SSSR count). The summed E-state index contributed by atoms with van der Waals surface area (Å²) in [5.74, 6) is -0.435. The number of carbonyl (C=O) groups excluding carboxylic acids is 2. The Bertz CT molecular complexity index is 1250. The molecule has 1 aromatic heterocycles. The smallest absolute Gasteiger partial charge is 0.409 e. The number of amides is 2. The third-order valence-electron chi connectivity index (χ3n) is 6.29. The summed E-state index contributed by atoms with van der Waals surface area (Å²) in [6.07, 6.45) is 2.76. The molecule has 1 fully saturated rings. The van der Waals surface area contributed by atoms with Crippen LogP contribution in [0.25, 0.3) is 0 Å². The zero-order chi connectivity index (χ0) is 24.5. The first-order chi connectivity index (χ1) is 16.3. The number of nitrogens with zero attached hydrogens (tertiary/aromatic N) is 3. The normalized spacial score (nSPS) is 18.6. The molecule has 34 heavy (non-hydrogen) atoms. The van der Waals surface area contributed by atoms with E-state index in [4.69, 9.17) is 4.74 Å². The number of fused-ring (bicyclic) bond motifs is 1. The zero-order valence-corrected chi connectivity index (χ0v) is 20.7. The molecule has 3 heterocycles. The highest BCUT2D eigenvalue weighted by Gasteiger charge is 2.31. The Morgan fingerprint density at radius 3 is 2.59 bits per heavy atom. The van der Waals surface area contributed by atoms with Gasteiger partial charge in [0.15, 0.2) is 0 Å². The number of thiophene rings is 1. The minimum absolute atomic E-state index is 0.0499. The lowest BCUT2D eigenvalue weighted by Crippen LogP contribution is -2.41. The molecular formula is C23H26N4O5S2. The third kappa shape index (κ3) is 4.53. The largest absolute Gasteiger partial charge is 0.453 e. The number of rotatable bonds is 4. The first-order valence-electron chi connectivity index (χ1n) is 11.1. The number of benzene rings is 1. The maximum atomic E-state index is 13.0.